The standard InChI is InChI=1S/C21H17F3N4O2/c22-21(23,24)16-4-1-3-15(13-16)18(29)8-12-28-11-2-5-17(28)20-27-26-19(30-20)14-6-9-25-10-7-14/h1,3-4,6-10,12-13,17H,2,5,11H2. The molecule has 9 heteroatoms. The molecule has 1 aliphatic heterocycles. The molecule has 1 unspecified atom stereocenters. The Bertz CT molecular complexity index is 1060. The number of likely N-dealkylation sites (tertiary alicyclic amines) is 1. The van der Waals surface area contributed by atoms with Crippen molar-refractivity contribution in [1.82, 2.24) is 20.1 Å². The summed E-state index contributed by atoms with van der Waals surface area (Å²) in [6, 6.07) is 7.71. The maximum absolute atomic E-state index is 12.9. The van der Waals surface area contributed by atoms with Crippen molar-refractivity contribution in [3.05, 3.63) is 78.1 Å². The zero-order chi connectivity index (χ0) is 21.1. The molecule has 1 saturated heterocycles. The first-order chi connectivity index (χ1) is 14.4. The van der Waals surface area contributed by atoms with E-state index in [4.69, 9.17) is 4.42 Å². The van der Waals surface area contributed by atoms with E-state index in [0.717, 1.165) is 30.5 Å². The van der Waals surface area contributed by atoms with Gasteiger partial charge in [-0.2, -0.15) is 13.2 Å². The number of hydrogen-bond donors (Lipinski definition) is 0. The lowest BCUT2D eigenvalue weighted by molar-refractivity contribution is -0.137. The molecule has 4 rings (SSSR count). The Hall–Kier alpha value is -3.49. The van der Waals surface area contributed by atoms with Crippen molar-refractivity contribution in [2.24, 2.45) is 0 Å². The first-order valence-corrected chi connectivity index (χ1v) is 9.31. The van der Waals surface area contributed by atoms with Gasteiger partial charge >= 0.3 is 6.18 Å². The lowest BCUT2D eigenvalue weighted by atomic mass is 10.1. The highest BCUT2D eigenvalue weighted by Gasteiger charge is 2.31. The largest absolute Gasteiger partial charge is 0.418 e. The molecule has 0 N–H and O–H groups in total. The predicted octanol–water partition coefficient (Wildman–Crippen LogP) is 4.68. The van der Waals surface area contributed by atoms with Crippen LogP contribution in [0.3, 0.4) is 0 Å². The van der Waals surface area contributed by atoms with Crippen molar-refractivity contribution < 1.29 is 22.4 Å². The van der Waals surface area contributed by atoms with Gasteiger partial charge in [-0.15, -0.1) is 10.2 Å². The van der Waals surface area contributed by atoms with Gasteiger partial charge in [0.1, 0.15) is 6.04 Å². The van der Waals surface area contributed by atoms with Crippen LogP contribution in [0.5, 0.6) is 0 Å². The minimum atomic E-state index is -4.50. The summed E-state index contributed by atoms with van der Waals surface area (Å²) in [5, 5.41) is 8.20. The summed E-state index contributed by atoms with van der Waals surface area (Å²) in [5.74, 6) is 0.300. The molecule has 0 radical (unpaired) electrons. The van der Waals surface area contributed by atoms with Gasteiger partial charge in [-0.1, -0.05) is 12.1 Å². The third-order valence-electron chi connectivity index (χ3n) is 4.84. The summed E-state index contributed by atoms with van der Waals surface area (Å²) in [6.45, 7) is 0.671. The van der Waals surface area contributed by atoms with Crippen molar-refractivity contribution in [1.29, 1.82) is 0 Å². The van der Waals surface area contributed by atoms with E-state index in [9.17, 15) is 18.0 Å². The Balaban J connectivity index is 1.49. The third-order valence-corrected chi connectivity index (χ3v) is 4.84. The summed E-state index contributed by atoms with van der Waals surface area (Å²) in [6.07, 6.45) is 3.24. The lowest BCUT2D eigenvalue weighted by Crippen LogP contribution is -2.17. The third kappa shape index (κ3) is 4.24. The second-order valence-electron chi connectivity index (χ2n) is 6.84. The topological polar surface area (TPSA) is 72.1 Å². The fourth-order valence-electron chi connectivity index (χ4n) is 3.32. The van der Waals surface area contributed by atoms with E-state index in [1.807, 2.05) is 4.90 Å². The number of rotatable bonds is 5. The van der Waals surface area contributed by atoms with Gasteiger partial charge in [0.05, 0.1) is 5.56 Å². The van der Waals surface area contributed by atoms with E-state index in [1.54, 1.807) is 30.7 Å². The highest BCUT2D eigenvalue weighted by Crippen LogP contribution is 2.33. The van der Waals surface area contributed by atoms with Crippen LogP contribution < -0.4 is 0 Å². The van der Waals surface area contributed by atoms with Crippen molar-refractivity contribution in [3.8, 4) is 11.5 Å². The van der Waals surface area contributed by atoms with Crippen LogP contribution >= 0.6 is 0 Å². The number of ketones is 1. The SMILES string of the molecule is O=C(C=CN1CCCC1c1nnc(-c2ccncc2)o1)c1cccc(C(F)(F)F)c1. The van der Waals surface area contributed by atoms with Crippen LogP contribution in [0, 0.1) is 0 Å². The Kier molecular flexibility index (Phi) is 5.35. The number of benzene rings is 1. The molecule has 0 saturated carbocycles. The summed E-state index contributed by atoms with van der Waals surface area (Å²) >= 11 is 0. The quantitative estimate of drug-likeness (QED) is 0.446. The molecule has 6 nitrogen and oxygen atoms in total. The number of aromatic nitrogens is 3. The molecule has 0 spiro atoms. The molecule has 0 amide bonds. The Morgan fingerprint density at radius 3 is 2.73 bits per heavy atom. The molecule has 1 aliphatic rings. The molecule has 1 aromatic carbocycles. The zero-order valence-electron chi connectivity index (χ0n) is 15.7. The smallest absolute Gasteiger partial charge is 0.416 e. The first-order valence-electron chi connectivity index (χ1n) is 9.31. The van der Waals surface area contributed by atoms with Crippen molar-refractivity contribution >= 4 is 5.78 Å². The number of halogens is 3. The van der Waals surface area contributed by atoms with Gasteiger partial charge in [-0.25, -0.2) is 0 Å². The summed E-state index contributed by atoms with van der Waals surface area (Å²) in [5.41, 5.74) is -0.117. The molecule has 2 aromatic heterocycles. The second kappa shape index (κ2) is 8.10. The molecule has 30 heavy (non-hydrogen) atoms. The Labute approximate surface area is 170 Å². The van der Waals surface area contributed by atoms with Crippen molar-refractivity contribution in [2.45, 2.75) is 25.1 Å². The van der Waals surface area contributed by atoms with Gasteiger partial charge in [0, 0.05) is 42.3 Å². The molecule has 0 bridgehead atoms. The number of pyridine rings is 1. The highest BCUT2D eigenvalue weighted by atomic mass is 19.4. The molecule has 3 aromatic rings. The van der Waals surface area contributed by atoms with Gasteiger partial charge in [-0.05, 0) is 37.1 Å². The summed E-state index contributed by atoms with van der Waals surface area (Å²) in [4.78, 5) is 18.2. The average Bonchev–Trinajstić information content (AvgIpc) is 3.41. The van der Waals surface area contributed by atoms with E-state index in [2.05, 4.69) is 15.2 Å². The van der Waals surface area contributed by atoms with Crippen LogP contribution in [0.4, 0.5) is 13.2 Å². The predicted molar refractivity (Wildman–Crippen MR) is 101 cm³/mol. The van der Waals surface area contributed by atoms with Crippen LogP contribution in [0.15, 0.2) is 65.5 Å². The van der Waals surface area contributed by atoms with E-state index in [-0.39, 0.29) is 11.6 Å². The highest BCUT2D eigenvalue weighted by molar-refractivity contribution is 6.04. The maximum Gasteiger partial charge on any atom is 0.416 e. The monoisotopic (exact) mass is 414 g/mol. The normalized spacial score (nSPS) is 17.0. The second-order valence-corrected chi connectivity index (χ2v) is 6.84. The average molecular weight is 414 g/mol. The van der Waals surface area contributed by atoms with Crippen LogP contribution in [0.1, 0.15) is 40.7 Å². The number of alkyl halides is 3. The van der Waals surface area contributed by atoms with Gasteiger partial charge in [0.15, 0.2) is 5.78 Å². The van der Waals surface area contributed by atoms with Crippen LogP contribution in [-0.2, 0) is 6.18 Å². The fourth-order valence-corrected chi connectivity index (χ4v) is 3.32. The van der Waals surface area contributed by atoms with Gasteiger partial charge < -0.3 is 9.32 Å². The number of carbonyl (C=O) groups is 1. The number of carbonyl (C=O) groups excluding carboxylic acids is 1. The van der Waals surface area contributed by atoms with Crippen molar-refractivity contribution in [3.63, 3.8) is 0 Å². The van der Waals surface area contributed by atoms with Crippen molar-refractivity contribution in [2.75, 3.05) is 6.54 Å². The minimum absolute atomic E-state index is 0.0189. The van der Waals surface area contributed by atoms with E-state index < -0.39 is 17.5 Å². The fraction of sp³-hybridized carbons (Fsp3) is 0.238. The van der Waals surface area contributed by atoms with E-state index in [1.165, 1.54) is 18.2 Å². The van der Waals surface area contributed by atoms with Gasteiger partial charge in [-0.3, -0.25) is 9.78 Å². The maximum atomic E-state index is 12.9. The zero-order valence-corrected chi connectivity index (χ0v) is 15.7. The number of hydrogen-bond acceptors (Lipinski definition) is 6. The molecule has 0 aliphatic carbocycles. The minimum Gasteiger partial charge on any atom is -0.418 e. The summed E-state index contributed by atoms with van der Waals surface area (Å²) < 4.78 is 44.4. The molecular weight excluding hydrogens is 397 g/mol. The van der Waals surface area contributed by atoms with Crippen LogP contribution in [0.25, 0.3) is 11.5 Å². The Morgan fingerprint density at radius 2 is 1.97 bits per heavy atom. The molecule has 154 valence electrons. The van der Waals surface area contributed by atoms with Gasteiger partial charge in [0.25, 0.3) is 0 Å². The Morgan fingerprint density at radius 1 is 1.17 bits per heavy atom. The lowest BCUT2D eigenvalue weighted by Gasteiger charge is -2.19. The van der Waals surface area contributed by atoms with Gasteiger partial charge in [0.2, 0.25) is 11.8 Å². The molecule has 1 atom stereocenters. The van der Waals surface area contributed by atoms with Crippen LogP contribution in [0.2, 0.25) is 0 Å². The molecule has 3 heterocycles. The summed E-state index contributed by atoms with van der Waals surface area (Å²) in [7, 11) is 0. The molecule has 1 fully saturated rings. The number of nitrogens with zero attached hydrogens (tertiary/aromatic N) is 4. The first kappa shape index (κ1) is 19.8. The van der Waals surface area contributed by atoms with E-state index in [0.29, 0.717) is 18.3 Å². The van der Waals surface area contributed by atoms with Crippen LogP contribution in [-0.4, -0.2) is 32.4 Å². The van der Waals surface area contributed by atoms with E-state index >= 15 is 0 Å². The number of allylic oxidation sites excluding steroid dienone is 1. The molecular formula is C21H17F3N4O2.